The summed E-state index contributed by atoms with van der Waals surface area (Å²) >= 11 is 0. The molecule has 0 unspecified atom stereocenters. The van der Waals surface area contributed by atoms with Crippen molar-refractivity contribution in [3.8, 4) is 5.88 Å². The molecule has 2 aromatic rings. The molecule has 1 N–H and O–H groups in total. The number of ether oxygens (including phenoxy) is 1. The first-order valence-corrected chi connectivity index (χ1v) is 6.45. The maximum absolute atomic E-state index is 5.44. The molecular weight excluding hydrogens is 240 g/mol. The molecule has 0 aliphatic carbocycles. The number of hydrogen-bond donors (Lipinski definition) is 1. The van der Waals surface area contributed by atoms with Crippen molar-refractivity contribution in [2.45, 2.75) is 26.8 Å². The monoisotopic (exact) mass is 258 g/mol. The van der Waals surface area contributed by atoms with Crippen LogP contribution in [0.4, 0.5) is 5.82 Å². The second kappa shape index (κ2) is 6.68. The molecule has 0 amide bonds. The molecule has 0 radical (unpaired) electrons. The molecule has 19 heavy (non-hydrogen) atoms. The number of pyridine rings is 1. The smallest absolute Gasteiger partial charge is 0.218 e. The van der Waals surface area contributed by atoms with Crippen molar-refractivity contribution in [3.63, 3.8) is 0 Å². The molecular formula is C14H18N4O. The number of anilines is 1. The first-order chi connectivity index (χ1) is 9.31. The van der Waals surface area contributed by atoms with Crippen LogP contribution in [-0.4, -0.2) is 21.6 Å². The van der Waals surface area contributed by atoms with Crippen LogP contribution >= 0.6 is 0 Å². The van der Waals surface area contributed by atoms with Gasteiger partial charge in [0.25, 0.3) is 0 Å². The van der Waals surface area contributed by atoms with Gasteiger partial charge in [-0.3, -0.25) is 4.98 Å². The van der Waals surface area contributed by atoms with Crippen molar-refractivity contribution < 1.29 is 4.74 Å². The lowest BCUT2D eigenvalue weighted by Crippen LogP contribution is -2.06. The highest BCUT2D eigenvalue weighted by Gasteiger charge is 2.04. The highest BCUT2D eigenvalue weighted by atomic mass is 16.5. The van der Waals surface area contributed by atoms with Gasteiger partial charge in [0, 0.05) is 31.4 Å². The minimum Gasteiger partial charge on any atom is -0.478 e. The summed E-state index contributed by atoms with van der Waals surface area (Å²) in [7, 11) is 0. The zero-order chi connectivity index (χ0) is 13.5. The summed E-state index contributed by atoms with van der Waals surface area (Å²) < 4.78 is 5.44. The van der Waals surface area contributed by atoms with Crippen molar-refractivity contribution in [1.29, 1.82) is 0 Å². The van der Waals surface area contributed by atoms with E-state index in [1.165, 1.54) is 0 Å². The zero-order valence-electron chi connectivity index (χ0n) is 11.3. The molecule has 0 aliphatic heterocycles. The zero-order valence-corrected chi connectivity index (χ0v) is 11.3. The molecule has 2 heterocycles. The molecule has 2 aromatic heterocycles. The maximum atomic E-state index is 5.44. The number of rotatable bonds is 6. The van der Waals surface area contributed by atoms with Gasteiger partial charge < -0.3 is 10.1 Å². The van der Waals surface area contributed by atoms with E-state index in [0.717, 1.165) is 23.6 Å². The standard InChI is InChI=1S/C14H18N4O/c1-3-12-17-13(9-14(18-12)19-4-2)16-10-11-5-7-15-8-6-11/h5-9H,3-4,10H2,1-2H3,(H,16,17,18). The van der Waals surface area contributed by atoms with Crippen LogP contribution in [0.25, 0.3) is 0 Å². The fourth-order valence-corrected chi connectivity index (χ4v) is 1.64. The molecule has 5 nitrogen and oxygen atoms in total. The summed E-state index contributed by atoms with van der Waals surface area (Å²) in [5.74, 6) is 2.18. The Balaban J connectivity index is 2.08. The van der Waals surface area contributed by atoms with Crippen molar-refractivity contribution in [1.82, 2.24) is 15.0 Å². The third-order valence-electron chi connectivity index (χ3n) is 2.58. The summed E-state index contributed by atoms with van der Waals surface area (Å²) in [6.07, 6.45) is 4.34. The Kier molecular flexibility index (Phi) is 4.66. The predicted octanol–water partition coefficient (Wildman–Crippen LogP) is 2.44. The van der Waals surface area contributed by atoms with Gasteiger partial charge >= 0.3 is 0 Å². The second-order valence-electron chi connectivity index (χ2n) is 4.00. The Morgan fingerprint density at radius 1 is 1.16 bits per heavy atom. The van der Waals surface area contributed by atoms with Crippen molar-refractivity contribution >= 4 is 5.82 Å². The SMILES string of the molecule is CCOc1cc(NCc2ccncc2)nc(CC)n1. The van der Waals surface area contributed by atoms with Gasteiger partial charge in [0.05, 0.1) is 6.61 Å². The third kappa shape index (κ3) is 3.91. The number of nitrogens with zero attached hydrogens (tertiary/aromatic N) is 3. The quantitative estimate of drug-likeness (QED) is 0.862. The highest BCUT2D eigenvalue weighted by molar-refractivity contribution is 5.39. The lowest BCUT2D eigenvalue weighted by molar-refractivity contribution is 0.325. The number of hydrogen-bond acceptors (Lipinski definition) is 5. The fraction of sp³-hybridized carbons (Fsp3) is 0.357. The normalized spacial score (nSPS) is 10.2. The summed E-state index contributed by atoms with van der Waals surface area (Å²) in [4.78, 5) is 12.7. The summed E-state index contributed by atoms with van der Waals surface area (Å²) in [5.41, 5.74) is 1.16. The minimum absolute atomic E-state index is 0.601. The number of aryl methyl sites for hydroxylation is 1. The molecule has 0 atom stereocenters. The van der Waals surface area contributed by atoms with Gasteiger partial charge in [-0.1, -0.05) is 6.92 Å². The van der Waals surface area contributed by atoms with Crippen molar-refractivity contribution in [3.05, 3.63) is 42.0 Å². The van der Waals surface area contributed by atoms with E-state index in [1.807, 2.05) is 32.0 Å². The van der Waals surface area contributed by atoms with Gasteiger partial charge in [0.15, 0.2) is 0 Å². The lowest BCUT2D eigenvalue weighted by atomic mass is 10.3. The van der Waals surface area contributed by atoms with E-state index >= 15 is 0 Å². The molecule has 100 valence electrons. The van der Waals surface area contributed by atoms with Crippen molar-refractivity contribution in [2.24, 2.45) is 0 Å². The molecule has 0 fully saturated rings. The summed E-state index contributed by atoms with van der Waals surface area (Å²) in [5, 5.41) is 3.28. The molecule has 2 rings (SSSR count). The number of nitrogens with one attached hydrogen (secondary N) is 1. The predicted molar refractivity (Wildman–Crippen MR) is 74.1 cm³/mol. The Labute approximate surface area is 113 Å². The minimum atomic E-state index is 0.601. The van der Waals surface area contributed by atoms with Crippen LogP contribution in [0.15, 0.2) is 30.6 Å². The lowest BCUT2D eigenvalue weighted by Gasteiger charge is -2.09. The second-order valence-corrected chi connectivity index (χ2v) is 4.00. The largest absolute Gasteiger partial charge is 0.478 e. The van der Waals surface area contributed by atoms with Gasteiger partial charge in [-0.25, -0.2) is 4.98 Å². The van der Waals surface area contributed by atoms with Crippen LogP contribution in [0.5, 0.6) is 5.88 Å². The van der Waals surface area contributed by atoms with E-state index in [4.69, 9.17) is 4.74 Å². The Bertz CT molecular complexity index is 516. The first-order valence-electron chi connectivity index (χ1n) is 6.45. The summed E-state index contributed by atoms with van der Waals surface area (Å²) in [6, 6.07) is 5.76. The van der Waals surface area contributed by atoms with Gasteiger partial charge in [0.2, 0.25) is 5.88 Å². The topological polar surface area (TPSA) is 59.9 Å². The van der Waals surface area contributed by atoms with Crippen LogP contribution in [0.2, 0.25) is 0 Å². The average Bonchev–Trinajstić information content (AvgIpc) is 2.46. The van der Waals surface area contributed by atoms with E-state index in [2.05, 4.69) is 20.3 Å². The third-order valence-corrected chi connectivity index (χ3v) is 2.58. The van der Waals surface area contributed by atoms with Gasteiger partial charge in [-0.2, -0.15) is 4.98 Å². The Hall–Kier alpha value is -2.17. The maximum Gasteiger partial charge on any atom is 0.218 e. The average molecular weight is 258 g/mol. The molecule has 0 aliphatic rings. The van der Waals surface area contributed by atoms with Gasteiger partial charge in [-0.15, -0.1) is 0 Å². The van der Waals surface area contributed by atoms with Crippen molar-refractivity contribution in [2.75, 3.05) is 11.9 Å². The van der Waals surface area contributed by atoms with Crippen LogP contribution in [0, 0.1) is 0 Å². The fourth-order valence-electron chi connectivity index (χ4n) is 1.64. The number of aromatic nitrogens is 3. The van der Waals surface area contributed by atoms with Crippen LogP contribution in [-0.2, 0) is 13.0 Å². The summed E-state index contributed by atoms with van der Waals surface area (Å²) in [6.45, 7) is 5.27. The molecule has 0 saturated carbocycles. The van der Waals surface area contributed by atoms with Gasteiger partial charge in [0.1, 0.15) is 11.6 Å². The van der Waals surface area contributed by atoms with E-state index < -0.39 is 0 Å². The molecule has 0 spiro atoms. The van der Waals surface area contributed by atoms with E-state index in [-0.39, 0.29) is 0 Å². The molecule has 0 aromatic carbocycles. The molecule has 0 bridgehead atoms. The Morgan fingerprint density at radius 2 is 1.95 bits per heavy atom. The molecule has 0 saturated heterocycles. The van der Waals surface area contributed by atoms with Crippen LogP contribution in [0.3, 0.4) is 0 Å². The van der Waals surface area contributed by atoms with Crippen LogP contribution < -0.4 is 10.1 Å². The first kappa shape index (κ1) is 13.3. The van der Waals surface area contributed by atoms with E-state index in [1.54, 1.807) is 12.4 Å². The van der Waals surface area contributed by atoms with E-state index in [9.17, 15) is 0 Å². The molecule has 5 heteroatoms. The van der Waals surface area contributed by atoms with E-state index in [0.29, 0.717) is 19.0 Å². The highest BCUT2D eigenvalue weighted by Crippen LogP contribution is 2.14. The van der Waals surface area contributed by atoms with Crippen LogP contribution in [0.1, 0.15) is 25.2 Å². The Morgan fingerprint density at radius 3 is 2.63 bits per heavy atom. The van der Waals surface area contributed by atoms with Gasteiger partial charge in [-0.05, 0) is 24.6 Å².